The second-order valence-electron chi connectivity index (χ2n) is 5.86. The minimum Gasteiger partial charge on any atom is -0.302 e. The van der Waals surface area contributed by atoms with Crippen LogP contribution < -0.4 is 0 Å². The average Bonchev–Trinajstić information content (AvgIpc) is 2.42. The second-order valence-corrected chi connectivity index (χ2v) is 8.26. The highest BCUT2D eigenvalue weighted by Crippen LogP contribution is 2.20. The molecule has 0 aromatic heterocycles. The van der Waals surface area contributed by atoms with Gasteiger partial charge in [0.05, 0.1) is 5.25 Å². The Morgan fingerprint density at radius 1 is 1.10 bits per heavy atom. The molecule has 1 rings (SSSR count). The molecule has 0 aliphatic carbocycles. The maximum Gasteiger partial charge on any atom is 0.151 e. The number of hydrogen-bond acceptors (Lipinski definition) is 3. The zero-order chi connectivity index (χ0) is 15.3. The highest BCUT2D eigenvalue weighted by atomic mass is 32.2. The van der Waals surface area contributed by atoms with Gasteiger partial charge in [-0.3, -0.25) is 0 Å². The van der Waals surface area contributed by atoms with Crippen molar-refractivity contribution < 1.29 is 8.42 Å². The predicted molar refractivity (Wildman–Crippen MR) is 85.9 cm³/mol. The van der Waals surface area contributed by atoms with Gasteiger partial charge in [-0.25, -0.2) is 8.42 Å². The monoisotopic (exact) mass is 297 g/mol. The number of benzene rings is 1. The summed E-state index contributed by atoms with van der Waals surface area (Å²) in [6.07, 6.45) is 2.34. The van der Waals surface area contributed by atoms with E-state index in [0.717, 1.165) is 13.0 Å². The van der Waals surface area contributed by atoms with Crippen molar-refractivity contribution in [2.75, 3.05) is 19.8 Å². The molecule has 3 nitrogen and oxygen atoms in total. The van der Waals surface area contributed by atoms with Gasteiger partial charge in [0.2, 0.25) is 0 Å². The molecule has 0 unspecified atom stereocenters. The highest BCUT2D eigenvalue weighted by molar-refractivity contribution is 7.91. The van der Waals surface area contributed by atoms with Gasteiger partial charge < -0.3 is 4.90 Å². The quantitative estimate of drug-likeness (QED) is 0.776. The Balaban J connectivity index is 2.53. The third-order valence-electron chi connectivity index (χ3n) is 4.33. The molecule has 114 valence electrons. The smallest absolute Gasteiger partial charge is 0.151 e. The summed E-state index contributed by atoms with van der Waals surface area (Å²) in [5, 5.41) is -0.334. The average molecular weight is 297 g/mol. The number of rotatable bonds is 7. The Hall–Kier alpha value is -0.870. The Kier molecular flexibility index (Phi) is 6.21. The first-order chi connectivity index (χ1) is 9.23. The van der Waals surface area contributed by atoms with Crippen molar-refractivity contribution in [3.63, 3.8) is 0 Å². The van der Waals surface area contributed by atoms with E-state index in [-0.39, 0.29) is 11.3 Å². The van der Waals surface area contributed by atoms with Gasteiger partial charge in [-0.15, -0.1) is 0 Å². The van der Waals surface area contributed by atoms with Crippen molar-refractivity contribution in [1.29, 1.82) is 0 Å². The minimum absolute atomic E-state index is 0.0352. The molecule has 1 aromatic carbocycles. The Morgan fingerprint density at radius 2 is 1.65 bits per heavy atom. The van der Waals surface area contributed by atoms with Crippen LogP contribution in [0.15, 0.2) is 30.3 Å². The summed E-state index contributed by atoms with van der Waals surface area (Å²) in [6, 6.07) is 10.5. The summed E-state index contributed by atoms with van der Waals surface area (Å²) < 4.78 is 23.2. The van der Waals surface area contributed by atoms with Crippen molar-refractivity contribution in [3.05, 3.63) is 35.9 Å². The normalized spacial score (nSPS) is 16.9. The SMILES string of the molecule is C[C@H](CCN(C)[C@H](C)[C@H](C)S(C)(=O)=O)c1ccccc1. The maximum absolute atomic E-state index is 11.6. The molecule has 0 aliphatic rings. The molecule has 0 saturated carbocycles. The topological polar surface area (TPSA) is 37.4 Å². The lowest BCUT2D eigenvalue weighted by atomic mass is 9.97. The molecule has 20 heavy (non-hydrogen) atoms. The molecular weight excluding hydrogens is 270 g/mol. The summed E-state index contributed by atoms with van der Waals surface area (Å²) in [6.45, 7) is 6.89. The van der Waals surface area contributed by atoms with Crippen LogP contribution in [0.3, 0.4) is 0 Å². The largest absolute Gasteiger partial charge is 0.302 e. The van der Waals surface area contributed by atoms with Crippen LogP contribution in [0.5, 0.6) is 0 Å². The lowest BCUT2D eigenvalue weighted by Gasteiger charge is -2.29. The molecule has 0 aliphatic heterocycles. The number of sulfone groups is 1. The highest BCUT2D eigenvalue weighted by Gasteiger charge is 2.25. The zero-order valence-electron chi connectivity index (χ0n) is 13.2. The van der Waals surface area contributed by atoms with E-state index in [0.29, 0.717) is 5.92 Å². The van der Waals surface area contributed by atoms with Crippen LogP contribution in [0, 0.1) is 0 Å². The molecule has 0 heterocycles. The zero-order valence-corrected chi connectivity index (χ0v) is 14.0. The van der Waals surface area contributed by atoms with Crippen molar-refractivity contribution in [2.45, 2.75) is 44.4 Å². The fraction of sp³-hybridized carbons (Fsp3) is 0.625. The maximum atomic E-state index is 11.6. The molecule has 0 radical (unpaired) electrons. The third-order valence-corrected chi connectivity index (χ3v) is 6.08. The van der Waals surface area contributed by atoms with Gasteiger partial charge in [0.15, 0.2) is 9.84 Å². The Bertz CT molecular complexity index is 498. The van der Waals surface area contributed by atoms with Gasteiger partial charge in [0.25, 0.3) is 0 Å². The third kappa shape index (κ3) is 4.91. The summed E-state index contributed by atoms with van der Waals surface area (Å²) in [4.78, 5) is 2.14. The van der Waals surface area contributed by atoms with Crippen LogP contribution in [0.1, 0.15) is 38.7 Å². The van der Waals surface area contributed by atoms with Crippen molar-refractivity contribution in [3.8, 4) is 0 Å². The van der Waals surface area contributed by atoms with E-state index in [4.69, 9.17) is 0 Å². The van der Waals surface area contributed by atoms with Crippen molar-refractivity contribution in [1.82, 2.24) is 4.90 Å². The van der Waals surface area contributed by atoms with Gasteiger partial charge in [-0.05, 0) is 45.3 Å². The molecule has 0 spiro atoms. The molecule has 1 aromatic rings. The van der Waals surface area contributed by atoms with E-state index in [1.165, 1.54) is 11.8 Å². The number of hydrogen-bond donors (Lipinski definition) is 0. The van der Waals surface area contributed by atoms with E-state index in [1.54, 1.807) is 6.92 Å². The van der Waals surface area contributed by atoms with Crippen molar-refractivity contribution >= 4 is 9.84 Å². The minimum atomic E-state index is -2.98. The molecule has 0 N–H and O–H groups in total. The first-order valence-electron chi connectivity index (χ1n) is 7.17. The lowest BCUT2D eigenvalue weighted by Crippen LogP contribution is -2.41. The van der Waals surface area contributed by atoms with E-state index >= 15 is 0 Å². The van der Waals surface area contributed by atoms with Crippen LogP contribution in [-0.4, -0.2) is 44.5 Å². The van der Waals surface area contributed by atoms with Crippen LogP contribution in [0.4, 0.5) is 0 Å². The second kappa shape index (κ2) is 7.23. The van der Waals surface area contributed by atoms with E-state index in [1.807, 2.05) is 20.0 Å². The number of nitrogens with zero attached hydrogens (tertiary/aromatic N) is 1. The predicted octanol–water partition coefficient (Wildman–Crippen LogP) is 2.93. The van der Waals surface area contributed by atoms with E-state index in [9.17, 15) is 8.42 Å². The summed E-state index contributed by atoms with van der Waals surface area (Å²) in [7, 11) is -0.975. The van der Waals surface area contributed by atoms with E-state index in [2.05, 4.69) is 36.1 Å². The molecule has 0 saturated heterocycles. The molecular formula is C16H27NO2S. The molecule has 0 fully saturated rings. The molecule has 0 bridgehead atoms. The van der Waals surface area contributed by atoms with Gasteiger partial charge in [-0.1, -0.05) is 37.3 Å². The van der Waals surface area contributed by atoms with E-state index < -0.39 is 9.84 Å². The van der Waals surface area contributed by atoms with Crippen LogP contribution in [0.2, 0.25) is 0 Å². The van der Waals surface area contributed by atoms with Gasteiger partial charge in [0.1, 0.15) is 0 Å². The molecule has 3 atom stereocenters. The fourth-order valence-corrected chi connectivity index (χ4v) is 3.19. The fourth-order valence-electron chi connectivity index (χ4n) is 2.27. The van der Waals surface area contributed by atoms with Crippen LogP contribution >= 0.6 is 0 Å². The Labute approximate surface area is 123 Å². The van der Waals surface area contributed by atoms with Crippen LogP contribution in [-0.2, 0) is 9.84 Å². The Morgan fingerprint density at radius 3 is 2.15 bits per heavy atom. The van der Waals surface area contributed by atoms with Gasteiger partial charge in [0, 0.05) is 12.3 Å². The molecule has 0 amide bonds. The lowest BCUT2D eigenvalue weighted by molar-refractivity contribution is 0.245. The summed E-state index contributed by atoms with van der Waals surface area (Å²) >= 11 is 0. The first-order valence-corrected chi connectivity index (χ1v) is 9.13. The summed E-state index contributed by atoms with van der Waals surface area (Å²) in [5.41, 5.74) is 1.34. The first kappa shape index (κ1) is 17.2. The van der Waals surface area contributed by atoms with Crippen LogP contribution in [0.25, 0.3) is 0 Å². The van der Waals surface area contributed by atoms with Gasteiger partial charge in [-0.2, -0.15) is 0 Å². The van der Waals surface area contributed by atoms with Gasteiger partial charge >= 0.3 is 0 Å². The standard InChI is InChI=1S/C16H27NO2S/c1-13(16-9-7-6-8-10-16)11-12-17(4)14(2)15(3)20(5,18)19/h6-10,13-15H,11-12H2,1-5H3/t13-,14-,15+/m1/s1. The van der Waals surface area contributed by atoms with Crippen molar-refractivity contribution in [2.24, 2.45) is 0 Å². The summed E-state index contributed by atoms with van der Waals surface area (Å²) in [5.74, 6) is 0.486. The molecule has 4 heteroatoms.